The fraction of sp³-hybridized carbons (Fsp3) is 0.235. The SMILES string of the molecule is CCc1cc(CC)nc(Sc2ccnc3cc(Cl)ccc23)n1. The van der Waals surface area contributed by atoms with E-state index in [1.165, 1.54) is 0 Å². The number of nitrogens with zero attached hydrogens (tertiary/aromatic N) is 3. The van der Waals surface area contributed by atoms with E-state index in [0.717, 1.165) is 45.2 Å². The van der Waals surface area contributed by atoms with Gasteiger partial charge in [-0.25, -0.2) is 9.97 Å². The molecule has 0 unspecified atom stereocenters. The van der Waals surface area contributed by atoms with Crippen LogP contribution in [0.3, 0.4) is 0 Å². The fourth-order valence-electron chi connectivity index (χ4n) is 2.22. The molecule has 0 atom stereocenters. The molecule has 3 nitrogen and oxygen atoms in total. The third-order valence-corrected chi connectivity index (χ3v) is 4.58. The highest BCUT2D eigenvalue weighted by Gasteiger charge is 2.09. The number of aryl methyl sites for hydroxylation is 2. The lowest BCUT2D eigenvalue weighted by molar-refractivity contribution is 0.840. The van der Waals surface area contributed by atoms with Crippen LogP contribution >= 0.6 is 23.4 Å². The molecule has 0 spiro atoms. The normalized spacial score (nSPS) is 11.0. The second kappa shape index (κ2) is 6.63. The van der Waals surface area contributed by atoms with Crippen molar-refractivity contribution in [3.63, 3.8) is 0 Å². The van der Waals surface area contributed by atoms with Gasteiger partial charge in [-0.2, -0.15) is 0 Å². The second-order valence-electron chi connectivity index (χ2n) is 4.91. The molecule has 2 heterocycles. The summed E-state index contributed by atoms with van der Waals surface area (Å²) in [5, 5.41) is 2.55. The second-order valence-corrected chi connectivity index (χ2v) is 6.36. The van der Waals surface area contributed by atoms with Crippen LogP contribution in [-0.2, 0) is 12.8 Å². The van der Waals surface area contributed by atoms with Crippen molar-refractivity contribution in [3.8, 4) is 0 Å². The summed E-state index contributed by atoms with van der Waals surface area (Å²) in [7, 11) is 0. The maximum absolute atomic E-state index is 6.04. The predicted molar refractivity (Wildman–Crippen MR) is 91.7 cm³/mol. The van der Waals surface area contributed by atoms with Crippen LogP contribution in [-0.4, -0.2) is 15.0 Å². The molecular formula is C17H16ClN3S. The smallest absolute Gasteiger partial charge is 0.192 e. The Morgan fingerprint density at radius 1 is 1.00 bits per heavy atom. The lowest BCUT2D eigenvalue weighted by Gasteiger charge is -2.07. The Bertz CT molecular complexity index is 798. The van der Waals surface area contributed by atoms with Crippen LogP contribution in [0.15, 0.2) is 46.6 Å². The molecule has 2 aromatic heterocycles. The van der Waals surface area contributed by atoms with Gasteiger partial charge in [-0.1, -0.05) is 31.5 Å². The highest BCUT2D eigenvalue weighted by Crippen LogP contribution is 2.32. The maximum atomic E-state index is 6.04. The van der Waals surface area contributed by atoms with Crippen LogP contribution in [0.1, 0.15) is 25.2 Å². The van der Waals surface area contributed by atoms with Crippen LogP contribution in [0, 0.1) is 0 Å². The van der Waals surface area contributed by atoms with Crippen LogP contribution in [0.25, 0.3) is 10.9 Å². The number of fused-ring (bicyclic) bond motifs is 1. The molecule has 112 valence electrons. The Morgan fingerprint density at radius 2 is 1.73 bits per heavy atom. The molecule has 0 aliphatic rings. The fourth-order valence-corrected chi connectivity index (χ4v) is 3.32. The first-order chi connectivity index (χ1) is 10.7. The zero-order valence-corrected chi connectivity index (χ0v) is 14.1. The van der Waals surface area contributed by atoms with E-state index in [1.54, 1.807) is 18.0 Å². The van der Waals surface area contributed by atoms with Crippen LogP contribution in [0.5, 0.6) is 0 Å². The summed E-state index contributed by atoms with van der Waals surface area (Å²) in [6.45, 7) is 4.22. The van der Waals surface area contributed by atoms with Crippen molar-refractivity contribution in [1.29, 1.82) is 0 Å². The number of aromatic nitrogens is 3. The number of rotatable bonds is 4. The minimum Gasteiger partial charge on any atom is -0.256 e. The Labute approximate surface area is 139 Å². The molecule has 3 rings (SSSR count). The number of hydrogen-bond donors (Lipinski definition) is 0. The largest absolute Gasteiger partial charge is 0.256 e. The number of hydrogen-bond acceptors (Lipinski definition) is 4. The van der Waals surface area contributed by atoms with E-state index in [0.29, 0.717) is 5.02 Å². The molecule has 22 heavy (non-hydrogen) atoms. The van der Waals surface area contributed by atoms with Gasteiger partial charge < -0.3 is 0 Å². The molecule has 0 fully saturated rings. The van der Waals surface area contributed by atoms with Crippen LogP contribution in [0.2, 0.25) is 5.02 Å². The summed E-state index contributed by atoms with van der Waals surface area (Å²) < 4.78 is 0. The number of pyridine rings is 1. The summed E-state index contributed by atoms with van der Waals surface area (Å²) in [6, 6.07) is 9.83. The minimum absolute atomic E-state index is 0.694. The molecule has 0 aliphatic heterocycles. The Hall–Kier alpha value is -1.65. The Balaban J connectivity index is 2.03. The molecule has 3 aromatic rings. The zero-order chi connectivity index (χ0) is 15.5. The van der Waals surface area contributed by atoms with Gasteiger partial charge in [0, 0.05) is 32.9 Å². The highest BCUT2D eigenvalue weighted by atomic mass is 35.5. The maximum Gasteiger partial charge on any atom is 0.192 e. The van der Waals surface area contributed by atoms with Gasteiger partial charge >= 0.3 is 0 Å². The van der Waals surface area contributed by atoms with Gasteiger partial charge in [0.2, 0.25) is 0 Å². The van der Waals surface area contributed by atoms with Crippen LogP contribution < -0.4 is 0 Å². The summed E-state index contributed by atoms with van der Waals surface area (Å²) in [4.78, 5) is 14.7. The van der Waals surface area contributed by atoms with E-state index < -0.39 is 0 Å². The van der Waals surface area contributed by atoms with E-state index in [1.807, 2.05) is 24.3 Å². The monoisotopic (exact) mass is 329 g/mol. The van der Waals surface area contributed by atoms with Crippen molar-refractivity contribution >= 4 is 34.3 Å². The summed E-state index contributed by atoms with van der Waals surface area (Å²) in [5.74, 6) is 0. The van der Waals surface area contributed by atoms with Gasteiger partial charge in [-0.15, -0.1) is 0 Å². The molecule has 0 saturated heterocycles. The third-order valence-electron chi connectivity index (χ3n) is 3.40. The van der Waals surface area contributed by atoms with Crippen molar-refractivity contribution in [2.24, 2.45) is 0 Å². The standard InChI is InChI=1S/C17H16ClN3S/c1-3-12-10-13(4-2)21-17(20-12)22-16-7-8-19-15-9-11(18)5-6-14(15)16/h5-10H,3-4H2,1-2H3. The molecular weight excluding hydrogens is 314 g/mol. The average molecular weight is 330 g/mol. The molecule has 5 heteroatoms. The van der Waals surface area contributed by atoms with Gasteiger partial charge in [0.25, 0.3) is 0 Å². The molecule has 0 aliphatic carbocycles. The van der Waals surface area contributed by atoms with Crippen molar-refractivity contribution in [3.05, 3.63) is 52.9 Å². The Kier molecular flexibility index (Phi) is 4.60. The first-order valence-electron chi connectivity index (χ1n) is 7.28. The quantitative estimate of drug-likeness (QED) is 0.634. The topological polar surface area (TPSA) is 38.7 Å². The van der Waals surface area contributed by atoms with Crippen LogP contribution in [0.4, 0.5) is 0 Å². The first kappa shape index (κ1) is 15.3. The van der Waals surface area contributed by atoms with E-state index in [4.69, 9.17) is 11.6 Å². The van der Waals surface area contributed by atoms with Gasteiger partial charge in [0.1, 0.15) is 0 Å². The van der Waals surface area contributed by atoms with Crippen molar-refractivity contribution in [2.75, 3.05) is 0 Å². The molecule has 0 N–H and O–H groups in total. The van der Waals surface area contributed by atoms with Gasteiger partial charge in [0.05, 0.1) is 5.52 Å². The van der Waals surface area contributed by atoms with E-state index in [-0.39, 0.29) is 0 Å². The summed E-state index contributed by atoms with van der Waals surface area (Å²) in [5.41, 5.74) is 3.05. The highest BCUT2D eigenvalue weighted by molar-refractivity contribution is 7.99. The van der Waals surface area contributed by atoms with E-state index in [9.17, 15) is 0 Å². The Morgan fingerprint density at radius 3 is 2.41 bits per heavy atom. The number of halogens is 1. The lowest BCUT2D eigenvalue weighted by atomic mass is 10.2. The van der Waals surface area contributed by atoms with Gasteiger partial charge in [-0.05, 0) is 48.9 Å². The minimum atomic E-state index is 0.694. The molecule has 0 radical (unpaired) electrons. The van der Waals surface area contributed by atoms with E-state index >= 15 is 0 Å². The first-order valence-corrected chi connectivity index (χ1v) is 8.48. The van der Waals surface area contributed by atoms with Crippen molar-refractivity contribution < 1.29 is 0 Å². The molecule has 0 bridgehead atoms. The lowest BCUT2D eigenvalue weighted by Crippen LogP contribution is -1.98. The molecule has 1 aromatic carbocycles. The zero-order valence-electron chi connectivity index (χ0n) is 12.5. The third kappa shape index (κ3) is 3.23. The van der Waals surface area contributed by atoms with E-state index in [2.05, 4.69) is 34.9 Å². The number of benzene rings is 1. The molecule has 0 amide bonds. The van der Waals surface area contributed by atoms with Gasteiger partial charge in [0.15, 0.2) is 5.16 Å². The average Bonchev–Trinajstić information content (AvgIpc) is 2.54. The van der Waals surface area contributed by atoms with Crippen molar-refractivity contribution in [1.82, 2.24) is 15.0 Å². The summed E-state index contributed by atoms with van der Waals surface area (Å²) in [6.07, 6.45) is 3.62. The van der Waals surface area contributed by atoms with Gasteiger partial charge in [-0.3, -0.25) is 4.98 Å². The van der Waals surface area contributed by atoms with Crippen molar-refractivity contribution in [2.45, 2.75) is 36.7 Å². The molecule has 0 saturated carbocycles. The summed E-state index contributed by atoms with van der Waals surface area (Å²) >= 11 is 7.62. The predicted octanol–water partition coefficient (Wildman–Crippen LogP) is 4.95.